The van der Waals surface area contributed by atoms with Crippen molar-refractivity contribution in [2.24, 2.45) is 0 Å². The summed E-state index contributed by atoms with van der Waals surface area (Å²) in [5, 5.41) is 3.61. The first-order chi connectivity index (χ1) is 17.7. The Labute approximate surface area is 244 Å². The van der Waals surface area contributed by atoms with Crippen LogP contribution >= 0.6 is 24.8 Å². The number of morpholine rings is 1. The van der Waals surface area contributed by atoms with Gasteiger partial charge in [0.25, 0.3) is 0 Å². The molecule has 0 aliphatic carbocycles. The Morgan fingerprint density at radius 2 is 1.97 bits per heavy atom. The number of carbonyl (C=O) groups is 1. The molecule has 7 nitrogen and oxygen atoms in total. The summed E-state index contributed by atoms with van der Waals surface area (Å²) in [5.41, 5.74) is 3.19. The topological polar surface area (TPSA) is 60.9 Å². The van der Waals surface area contributed by atoms with Gasteiger partial charge in [0.15, 0.2) is 0 Å². The van der Waals surface area contributed by atoms with Gasteiger partial charge < -0.3 is 15.0 Å². The Balaban J connectivity index is 0.00000210. The fourth-order valence-corrected chi connectivity index (χ4v) is 5.92. The number of amides is 1. The predicted molar refractivity (Wildman–Crippen MR) is 158 cm³/mol. The monoisotopic (exact) mass is 581 g/mol. The van der Waals surface area contributed by atoms with E-state index in [0.29, 0.717) is 37.2 Å². The molecule has 1 amide bonds. The van der Waals surface area contributed by atoms with Crippen molar-refractivity contribution in [2.45, 2.75) is 57.7 Å². The maximum atomic E-state index is 14.3. The third-order valence-electron chi connectivity index (χ3n) is 8.16. The molecule has 4 heterocycles. The second-order valence-electron chi connectivity index (χ2n) is 11.6. The molecular formula is C29H42Cl2FN5O2. The number of benzene rings is 1. The standard InChI is InChI=1S/C29H40FN5O2.2ClH/c1-20-15-34(24(13-31-20)16-33-9-10-37-18-21(33)2)17-28(36)35-19-29(3,4)25-14-32-23(12-27(25)35)11-22-7-5-6-8-26(22)30;;/h5-8,12,14,20-21,24,31H,9-11,13,15-19H2,1-4H3;2*1H/t20-,21-,24-;;/m1../s1. The largest absolute Gasteiger partial charge is 0.379 e. The molecule has 5 rings (SSSR count). The minimum absolute atomic E-state index is 0. The van der Waals surface area contributed by atoms with Crippen molar-refractivity contribution < 1.29 is 13.9 Å². The number of anilines is 1. The van der Waals surface area contributed by atoms with Crippen molar-refractivity contribution in [1.82, 2.24) is 20.1 Å². The Morgan fingerprint density at radius 1 is 1.21 bits per heavy atom. The molecule has 2 saturated heterocycles. The lowest BCUT2D eigenvalue weighted by Gasteiger charge is -2.43. The molecule has 0 bridgehead atoms. The van der Waals surface area contributed by atoms with Crippen molar-refractivity contribution in [2.75, 3.05) is 57.4 Å². The molecular weight excluding hydrogens is 540 g/mol. The molecule has 3 atom stereocenters. The van der Waals surface area contributed by atoms with Gasteiger partial charge in [0.2, 0.25) is 5.91 Å². The summed E-state index contributed by atoms with van der Waals surface area (Å²) in [5.74, 6) is -0.115. The summed E-state index contributed by atoms with van der Waals surface area (Å²) in [6, 6.07) is 9.78. The van der Waals surface area contributed by atoms with Crippen LogP contribution in [0, 0.1) is 5.82 Å². The van der Waals surface area contributed by atoms with Crippen LogP contribution in [-0.2, 0) is 21.4 Å². The zero-order chi connectivity index (χ0) is 26.2. The number of hydrogen-bond acceptors (Lipinski definition) is 6. The molecule has 216 valence electrons. The lowest BCUT2D eigenvalue weighted by Crippen LogP contribution is -2.62. The fraction of sp³-hybridized carbons (Fsp3) is 0.586. The highest BCUT2D eigenvalue weighted by atomic mass is 35.5. The SMILES string of the molecule is C[C@@H]1CN(CC(=O)N2CC(C)(C)c3cnc(Cc4ccccc4F)cc32)[C@@H](CN2CCOC[C@H]2C)CN1.Cl.Cl. The van der Waals surface area contributed by atoms with E-state index in [2.05, 4.69) is 47.8 Å². The molecule has 39 heavy (non-hydrogen) atoms. The Hall–Kier alpha value is -1.81. The summed E-state index contributed by atoms with van der Waals surface area (Å²) in [6.45, 7) is 14.8. The van der Waals surface area contributed by atoms with Gasteiger partial charge in [0.05, 0.1) is 25.4 Å². The molecule has 2 fully saturated rings. The minimum atomic E-state index is -0.230. The number of carbonyl (C=O) groups excluding carboxylic acids is 1. The zero-order valence-corrected chi connectivity index (χ0v) is 25.0. The van der Waals surface area contributed by atoms with Crippen molar-refractivity contribution >= 4 is 36.4 Å². The van der Waals surface area contributed by atoms with Crippen LogP contribution in [0.25, 0.3) is 0 Å². The number of piperazine rings is 1. The predicted octanol–water partition coefficient (Wildman–Crippen LogP) is 3.66. The van der Waals surface area contributed by atoms with E-state index in [-0.39, 0.29) is 48.0 Å². The highest BCUT2D eigenvalue weighted by Crippen LogP contribution is 2.40. The molecule has 1 aromatic carbocycles. The number of rotatable bonds is 6. The van der Waals surface area contributed by atoms with Gasteiger partial charge in [0.1, 0.15) is 5.82 Å². The highest BCUT2D eigenvalue weighted by Gasteiger charge is 2.40. The molecule has 0 saturated carbocycles. The van der Waals surface area contributed by atoms with E-state index in [1.807, 2.05) is 23.2 Å². The number of hydrogen-bond donors (Lipinski definition) is 1. The van der Waals surface area contributed by atoms with Gasteiger partial charge in [-0.15, -0.1) is 24.8 Å². The number of ether oxygens (including phenoxy) is 1. The van der Waals surface area contributed by atoms with Crippen LogP contribution in [0.15, 0.2) is 36.5 Å². The van der Waals surface area contributed by atoms with Crippen molar-refractivity contribution in [3.8, 4) is 0 Å². The Kier molecular flexibility index (Phi) is 10.8. The van der Waals surface area contributed by atoms with E-state index in [1.54, 1.807) is 12.1 Å². The van der Waals surface area contributed by atoms with Gasteiger partial charge in [-0.3, -0.25) is 19.6 Å². The number of nitrogens with zero attached hydrogens (tertiary/aromatic N) is 4. The van der Waals surface area contributed by atoms with E-state index in [1.165, 1.54) is 6.07 Å². The number of pyridine rings is 1. The molecule has 3 aliphatic rings. The molecule has 0 spiro atoms. The van der Waals surface area contributed by atoms with E-state index in [0.717, 1.165) is 56.3 Å². The van der Waals surface area contributed by atoms with Gasteiger partial charge in [-0.25, -0.2) is 4.39 Å². The van der Waals surface area contributed by atoms with Crippen LogP contribution in [0.3, 0.4) is 0 Å². The zero-order valence-electron chi connectivity index (χ0n) is 23.4. The minimum Gasteiger partial charge on any atom is -0.379 e. The third-order valence-corrected chi connectivity index (χ3v) is 8.16. The Morgan fingerprint density at radius 3 is 2.72 bits per heavy atom. The molecule has 1 aromatic heterocycles. The average molecular weight is 583 g/mol. The molecule has 1 N–H and O–H groups in total. The molecule has 3 aliphatic heterocycles. The van der Waals surface area contributed by atoms with Crippen LogP contribution in [0.4, 0.5) is 10.1 Å². The van der Waals surface area contributed by atoms with E-state index in [9.17, 15) is 9.18 Å². The average Bonchev–Trinajstić information content (AvgIpc) is 3.14. The van der Waals surface area contributed by atoms with Crippen LogP contribution in [0.5, 0.6) is 0 Å². The van der Waals surface area contributed by atoms with Crippen molar-refractivity contribution in [1.29, 1.82) is 0 Å². The smallest absolute Gasteiger partial charge is 0.241 e. The number of aromatic nitrogens is 1. The van der Waals surface area contributed by atoms with E-state index in [4.69, 9.17) is 4.74 Å². The van der Waals surface area contributed by atoms with Crippen molar-refractivity contribution in [3.05, 3.63) is 59.2 Å². The molecule has 2 aromatic rings. The van der Waals surface area contributed by atoms with Crippen LogP contribution in [0.2, 0.25) is 0 Å². The quantitative estimate of drug-likeness (QED) is 0.562. The maximum Gasteiger partial charge on any atom is 0.241 e. The van der Waals surface area contributed by atoms with Crippen LogP contribution in [0.1, 0.15) is 44.5 Å². The van der Waals surface area contributed by atoms with E-state index >= 15 is 0 Å². The van der Waals surface area contributed by atoms with Gasteiger partial charge in [-0.1, -0.05) is 32.0 Å². The third kappa shape index (κ3) is 7.10. The van der Waals surface area contributed by atoms with Gasteiger partial charge in [0, 0.05) is 80.1 Å². The first-order valence-corrected chi connectivity index (χ1v) is 13.5. The van der Waals surface area contributed by atoms with E-state index < -0.39 is 0 Å². The lowest BCUT2D eigenvalue weighted by atomic mass is 9.88. The fourth-order valence-electron chi connectivity index (χ4n) is 5.92. The number of fused-ring (bicyclic) bond motifs is 1. The summed E-state index contributed by atoms with van der Waals surface area (Å²) >= 11 is 0. The molecule has 10 heteroatoms. The molecule has 0 radical (unpaired) electrons. The highest BCUT2D eigenvalue weighted by molar-refractivity contribution is 5.97. The number of halogens is 3. The lowest BCUT2D eigenvalue weighted by molar-refractivity contribution is -0.121. The van der Waals surface area contributed by atoms with Crippen LogP contribution in [-0.4, -0.2) is 91.3 Å². The first-order valence-electron chi connectivity index (χ1n) is 13.5. The normalized spacial score (nSPS) is 24.9. The van der Waals surface area contributed by atoms with Gasteiger partial charge in [-0.05, 0) is 31.5 Å². The van der Waals surface area contributed by atoms with Gasteiger partial charge in [-0.2, -0.15) is 0 Å². The summed E-state index contributed by atoms with van der Waals surface area (Å²) in [7, 11) is 0. The maximum absolute atomic E-state index is 14.3. The summed E-state index contributed by atoms with van der Waals surface area (Å²) in [4.78, 5) is 25.3. The molecule has 0 unspecified atom stereocenters. The second-order valence-corrected chi connectivity index (χ2v) is 11.6. The van der Waals surface area contributed by atoms with Gasteiger partial charge >= 0.3 is 0 Å². The Bertz CT molecular complexity index is 1140. The summed E-state index contributed by atoms with van der Waals surface area (Å²) in [6.07, 6.45) is 2.28. The van der Waals surface area contributed by atoms with Crippen molar-refractivity contribution in [3.63, 3.8) is 0 Å². The first kappa shape index (κ1) is 31.7. The number of nitrogens with one attached hydrogen (secondary N) is 1. The van der Waals surface area contributed by atoms with Crippen LogP contribution < -0.4 is 10.2 Å². The second kappa shape index (κ2) is 13.2. The summed E-state index contributed by atoms with van der Waals surface area (Å²) < 4.78 is 19.9.